The number of nitrogens with zero attached hydrogens (tertiary/aromatic N) is 2. The lowest BCUT2D eigenvalue weighted by Gasteiger charge is -2.34. The van der Waals surface area contributed by atoms with Crippen LogP contribution in [0.4, 0.5) is 10.5 Å². The Kier molecular flexibility index (Phi) is 10.2. The van der Waals surface area contributed by atoms with Crippen LogP contribution in [0.3, 0.4) is 0 Å². The molecule has 2 aliphatic rings. The molecule has 2 N–H and O–H groups in total. The topological polar surface area (TPSA) is 108 Å². The summed E-state index contributed by atoms with van der Waals surface area (Å²) in [7, 11) is 1.68. The van der Waals surface area contributed by atoms with Gasteiger partial charge in [0.15, 0.2) is 0 Å². The summed E-state index contributed by atoms with van der Waals surface area (Å²) >= 11 is 0. The van der Waals surface area contributed by atoms with Crippen molar-refractivity contribution in [1.82, 2.24) is 10.2 Å². The highest BCUT2D eigenvalue weighted by atomic mass is 16.5. The number of carbonyl (C=O) groups is 3. The van der Waals surface area contributed by atoms with E-state index in [1.165, 1.54) is 0 Å². The highest BCUT2D eigenvalue weighted by molar-refractivity contribution is 5.95. The summed E-state index contributed by atoms with van der Waals surface area (Å²) in [6.07, 6.45) is 0.980. The molecule has 0 radical (unpaired) electrons. The van der Waals surface area contributed by atoms with Gasteiger partial charge >= 0.3 is 12.1 Å². The molecule has 1 aliphatic heterocycles. The molecule has 2 amide bonds. The smallest absolute Gasteiger partial charge is 0.407 e. The van der Waals surface area contributed by atoms with Gasteiger partial charge in [0.05, 0.1) is 6.54 Å². The zero-order valence-electron chi connectivity index (χ0n) is 26.3. The van der Waals surface area contributed by atoms with E-state index in [1.54, 1.807) is 7.11 Å². The molecule has 0 aromatic heterocycles. The molecule has 1 atom stereocenters. The van der Waals surface area contributed by atoms with E-state index in [9.17, 15) is 19.5 Å². The fourth-order valence-electron chi connectivity index (χ4n) is 6.57. The summed E-state index contributed by atoms with van der Waals surface area (Å²) in [6, 6.07) is 22.9. The number of hydrogen-bond acceptors (Lipinski definition) is 6. The van der Waals surface area contributed by atoms with Crippen LogP contribution in [0.25, 0.3) is 11.1 Å². The van der Waals surface area contributed by atoms with Crippen molar-refractivity contribution in [3.8, 4) is 11.1 Å². The molecule has 45 heavy (non-hydrogen) atoms. The molecule has 0 unspecified atom stereocenters. The van der Waals surface area contributed by atoms with Crippen molar-refractivity contribution in [1.29, 1.82) is 0 Å². The number of ether oxygens (including phenoxy) is 2. The van der Waals surface area contributed by atoms with Crippen molar-refractivity contribution in [2.24, 2.45) is 5.41 Å². The van der Waals surface area contributed by atoms with Crippen LogP contribution in [0, 0.1) is 5.41 Å². The lowest BCUT2D eigenvalue weighted by atomic mass is 9.80. The maximum absolute atomic E-state index is 12.8. The van der Waals surface area contributed by atoms with E-state index in [1.807, 2.05) is 79.4 Å². The van der Waals surface area contributed by atoms with E-state index in [2.05, 4.69) is 22.3 Å². The predicted molar refractivity (Wildman–Crippen MR) is 173 cm³/mol. The summed E-state index contributed by atoms with van der Waals surface area (Å²) in [5.74, 6) is -1.13. The van der Waals surface area contributed by atoms with Crippen molar-refractivity contribution in [2.75, 3.05) is 51.4 Å². The number of anilines is 1. The van der Waals surface area contributed by atoms with Crippen molar-refractivity contribution in [3.63, 3.8) is 0 Å². The Bertz CT molecular complexity index is 1460. The summed E-state index contributed by atoms with van der Waals surface area (Å²) in [4.78, 5) is 41.8. The first-order valence-electron chi connectivity index (χ1n) is 15.6. The number of amides is 2. The van der Waals surface area contributed by atoms with Crippen molar-refractivity contribution >= 4 is 23.7 Å². The van der Waals surface area contributed by atoms with Gasteiger partial charge < -0.3 is 24.8 Å². The lowest BCUT2D eigenvalue weighted by Crippen LogP contribution is -2.50. The van der Waals surface area contributed by atoms with Crippen molar-refractivity contribution in [2.45, 2.75) is 45.1 Å². The fraction of sp³-hybridized carbons (Fsp3) is 0.417. The number of piperazine rings is 1. The maximum Gasteiger partial charge on any atom is 0.407 e. The van der Waals surface area contributed by atoms with Gasteiger partial charge in [-0.25, -0.2) is 9.59 Å². The van der Waals surface area contributed by atoms with Gasteiger partial charge in [-0.15, -0.1) is 0 Å². The minimum atomic E-state index is -1.10. The Morgan fingerprint density at radius 3 is 2.22 bits per heavy atom. The van der Waals surface area contributed by atoms with Gasteiger partial charge in [0, 0.05) is 45.0 Å². The van der Waals surface area contributed by atoms with Gasteiger partial charge in [-0.1, -0.05) is 74.5 Å². The summed E-state index contributed by atoms with van der Waals surface area (Å²) < 4.78 is 10.7. The Balaban J connectivity index is 1.14. The molecule has 1 aliphatic carbocycles. The average Bonchev–Trinajstić information content (AvgIpc) is 3.34. The number of benzene rings is 3. The summed E-state index contributed by atoms with van der Waals surface area (Å²) in [5.41, 5.74) is 5.89. The van der Waals surface area contributed by atoms with Gasteiger partial charge in [0.1, 0.15) is 12.6 Å². The lowest BCUT2D eigenvalue weighted by molar-refractivity contribution is -0.140. The number of methoxy groups -OCH3 is 1. The van der Waals surface area contributed by atoms with Crippen molar-refractivity contribution < 1.29 is 29.0 Å². The molecule has 238 valence electrons. The molecule has 3 aromatic carbocycles. The van der Waals surface area contributed by atoms with Crippen LogP contribution < -0.4 is 10.2 Å². The molecule has 0 bridgehead atoms. The number of carbonyl (C=O) groups excluding carboxylic acids is 2. The molecule has 9 heteroatoms. The average molecular weight is 614 g/mol. The number of nitrogens with one attached hydrogen (secondary N) is 1. The number of hydrogen-bond donors (Lipinski definition) is 2. The number of rotatable bonds is 13. The monoisotopic (exact) mass is 613 g/mol. The van der Waals surface area contributed by atoms with E-state index in [0.717, 1.165) is 53.0 Å². The SMILES string of the molecule is COCCCN1CCN(c2ccc(CC(C)(C)C[C@H](NC(=O)OCC3c4ccccc4-c4ccccc43)C(=O)O)cc2)C(=O)C1. The predicted octanol–water partition coefficient (Wildman–Crippen LogP) is 5.32. The number of fused-ring (bicyclic) bond motifs is 3. The molecule has 3 aromatic rings. The molecule has 1 saturated heterocycles. The third-order valence-corrected chi connectivity index (χ3v) is 8.74. The fourth-order valence-corrected chi connectivity index (χ4v) is 6.57. The second-order valence-electron chi connectivity index (χ2n) is 12.7. The zero-order valence-corrected chi connectivity index (χ0v) is 26.3. The first-order valence-corrected chi connectivity index (χ1v) is 15.6. The van der Waals surface area contributed by atoms with Gasteiger partial charge in [0.25, 0.3) is 0 Å². The van der Waals surface area contributed by atoms with Crippen LogP contribution in [0.1, 0.15) is 49.3 Å². The Morgan fingerprint density at radius 1 is 0.978 bits per heavy atom. The largest absolute Gasteiger partial charge is 0.480 e. The first kappa shape index (κ1) is 32.2. The molecule has 9 nitrogen and oxygen atoms in total. The second-order valence-corrected chi connectivity index (χ2v) is 12.7. The first-order chi connectivity index (χ1) is 21.6. The van der Waals surface area contributed by atoms with Crippen LogP contribution >= 0.6 is 0 Å². The Labute approximate surface area is 265 Å². The minimum Gasteiger partial charge on any atom is -0.480 e. The molecule has 0 spiro atoms. The van der Waals surface area contributed by atoms with Crippen LogP contribution in [0.5, 0.6) is 0 Å². The minimum absolute atomic E-state index is 0.0790. The van der Waals surface area contributed by atoms with Crippen LogP contribution in [0.2, 0.25) is 0 Å². The standard InChI is InChI=1S/C36H43N3O6/c1-36(2,21-25-13-15-26(16-14-25)39-19-18-38(23-33(39)40)17-8-20-44-3)22-32(34(41)42)37-35(43)45-24-31-29-11-6-4-9-27(29)28-10-5-7-12-30(28)31/h4-7,9-16,31-32H,8,17-24H2,1-3H3,(H,37,43)(H,41,42)/t32-/m0/s1. The number of alkyl carbamates (subject to hydrolysis) is 1. The van der Waals surface area contributed by atoms with Gasteiger partial charge in [-0.05, 0) is 64.6 Å². The number of carboxylic acids is 1. The third-order valence-electron chi connectivity index (χ3n) is 8.74. The van der Waals surface area contributed by atoms with Crippen molar-refractivity contribution in [3.05, 3.63) is 89.5 Å². The Morgan fingerprint density at radius 2 is 1.62 bits per heavy atom. The summed E-state index contributed by atoms with van der Waals surface area (Å²) in [5, 5.41) is 12.5. The Hall–Kier alpha value is -4.21. The van der Waals surface area contributed by atoms with E-state index >= 15 is 0 Å². The number of carboxylic acid groups (broad SMARTS) is 1. The zero-order chi connectivity index (χ0) is 32.0. The molecule has 0 saturated carbocycles. The second kappa shape index (κ2) is 14.3. The normalized spacial score (nSPS) is 15.8. The van der Waals surface area contributed by atoms with Gasteiger partial charge in [-0.3, -0.25) is 9.69 Å². The molecular formula is C36H43N3O6. The third kappa shape index (κ3) is 7.90. The molecule has 5 rings (SSSR count). The van der Waals surface area contributed by atoms with Crippen LogP contribution in [-0.2, 0) is 25.5 Å². The van der Waals surface area contributed by atoms with E-state index < -0.39 is 23.5 Å². The molecule has 1 heterocycles. The highest BCUT2D eigenvalue weighted by Crippen LogP contribution is 2.44. The molecular weight excluding hydrogens is 570 g/mol. The van der Waals surface area contributed by atoms with Gasteiger partial charge in [0.2, 0.25) is 5.91 Å². The quantitative estimate of drug-likeness (QED) is 0.251. The van der Waals surface area contributed by atoms with E-state index in [-0.39, 0.29) is 24.9 Å². The highest BCUT2D eigenvalue weighted by Gasteiger charge is 2.32. The van der Waals surface area contributed by atoms with E-state index in [0.29, 0.717) is 26.1 Å². The van der Waals surface area contributed by atoms with Crippen LogP contribution in [-0.4, -0.2) is 80.5 Å². The maximum atomic E-state index is 12.8. The van der Waals surface area contributed by atoms with E-state index in [4.69, 9.17) is 9.47 Å². The van der Waals surface area contributed by atoms with Gasteiger partial charge in [-0.2, -0.15) is 0 Å². The summed E-state index contributed by atoms with van der Waals surface area (Å²) in [6.45, 7) is 7.47. The molecule has 1 fully saturated rings. The van der Waals surface area contributed by atoms with Crippen LogP contribution in [0.15, 0.2) is 72.8 Å². The number of aliphatic carboxylic acids is 1.